The lowest BCUT2D eigenvalue weighted by molar-refractivity contribution is 0.0528. The number of nitrogen functional groups attached to an aromatic ring is 3. The molecular weight excluding hydrogens is 224 g/mol. The lowest BCUT2D eigenvalue weighted by Crippen LogP contribution is -2.19. The Bertz CT molecular complexity index is 493. The van der Waals surface area contributed by atoms with Gasteiger partial charge in [-0.3, -0.25) is 0 Å². The zero-order valence-corrected chi connectivity index (χ0v) is 9.15. The highest BCUT2D eigenvalue weighted by atomic mass is 16.5. The first-order valence-corrected chi connectivity index (χ1v) is 4.69. The average molecular weight is 236 g/mol. The Morgan fingerprint density at radius 3 is 2.71 bits per heavy atom. The Hall–Kier alpha value is -2.53. The van der Waals surface area contributed by atoms with Crippen molar-refractivity contribution in [1.82, 2.24) is 4.98 Å². The fourth-order valence-electron chi connectivity index (χ4n) is 1.25. The molecule has 0 amide bonds. The number of aromatic nitrogens is 1. The van der Waals surface area contributed by atoms with E-state index in [2.05, 4.69) is 10.4 Å². The number of hydrogen-bond acceptors (Lipinski definition) is 8. The van der Waals surface area contributed by atoms with Gasteiger partial charge in [-0.25, -0.2) is 15.6 Å². The quantitative estimate of drug-likeness (QED) is 0.313. The first-order chi connectivity index (χ1) is 8.06. The van der Waals surface area contributed by atoms with Crippen LogP contribution in [0.15, 0.2) is 0 Å². The van der Waals surface area contributed by atoms with E-state index in [0.717, 1.165) is 0 Å². The van der Waals surface area contributed by atoms with Crippen LogP contribution in [0.1, 0.15) is 22.8 Å². The number of esters is 1. The van der Waals surface area contributed by atoms with E-state index in [1.165, 1.54) is 0 Å². The Morgan fingerprint density at radius 2 is 2.24 bits per heavy atom. The molecule has 0 aliphatic carbocycles. The van der Waals surface area contributed by atoms with Gasteiger partial charge in [0.25, 0.3) is 0 Å². The molecule has 0 bridgehead atoms. The molecule has 1 heterocycles. The van der Waals surface area contributed by atoms with E-state index in [4.69, 9.17) is 27.3 Å². The first-order valence-electron chi connectivity index (χ1n) is 4.69. The molecule has 17 heavy (non-hydrogen) atoms. The molecule has 1 aromatic rings. The third-order valence-electron chi connectivity index (χ3n) is 1.99. The van der Waals surface area contributed by atoms with Crippen LogP contribution in [-0.2, 0) is 4.74 Å². The second-order valence-corrected chi connectivity index (χ2v) is 2.99. The van der Waals surface area contributed by atoms with E-state index in [9.17, 15) is 4.79 Å². The topological polar surface area (TPSA) is 153 Å². The zero-order valence-electron chi connectivity index (χ0n) is 9.15. The predicted molar refractivity (Wildman–Crippen MR) is 61.5 cm³/mol. The molecule has 0 aliphatic rings. The van der Waals surface area contributed by atoms with E-state index in [1.807, 2.05) is 0 Å². The first kappa shape index (κ1) is 12.5. The normalized spacial score (nSPS) is 9.47. The maximum atomic E-state index is 11.6. The number of rotatable bonds is 3. The van der Waals surface area contributed by atoms with E-state index in [-0.39, 0.29) is 35.1 Å². The summed E-state index contributed by atoms with van der Waals surface area (Å²) in [6.45, 7) is 1.80. The number of nitrogens with two attached hydrogens (primary N) is 3. The largest absolute Gasteiger partial charge is 0.462 e. The Balaban J connectivity index is 3.46. The maximum Gasteiger partial charge on any atom is 0.344 e. The van der Waals surface area contributed by atoms with Crippen molar-refractivity contribution in [2.24, 2.45) is 5.84 Å². The van der Waals surface area contributed by atoms with Crippen LogP contribution in [-0.4, -0.2) is 17.6 Å². The number of anilines is 3. The van der Waals surface area contributed by atoms with Gasteiger partial charge < -0.3 is 21.6 Å². The number of pyridine rings is 1. The van der Waals surface area contributed by atoms with Crippen molar-refractivity contribution in [3.8, 4) is 6.07 Å². The molecule has 0 spiro atoms. The van der Waals surface area contributed by atoms with Gasteiger partial charge in [0.05, 0.1) is 12.3 Å². The third kappa shape index (κ3) is 2.19. The second-order valence-electron chi connectivity index (χ2n) is 2.99. The number of carbonyl (C=O) groups is 1. The zero-order chi connectivity index (χ0) is 13.0. The van der Waals surface area contributed by atoms with Crippen LogP contribution in [0.25, 0.3) is 0 Å². The molecule has 1 rings (SSSR count). The molecule has 0 unspecified atom stereocenters. The van der Waals surface area contributed by atoms with Gasteiger partial charge >= 0.3 is 5.97 Å². The fourth-order valence-corrected chi connectivity index (χ4v) is 1.25. The summed E-state index contributed by atoms with van der Waals surface area (Å²) in [5.74, 6) is 4.34. The van der Waals surface area contributed by atoms with Crippen LogP contribution in [0.4, 0.5) is 17.3 Å². The van der Waals surface area contributed by atoms with E-state index in [1.54, 1.807) is 13.0 Å². The monoisotopic (exact) mass is 236 g/mol. The molecule has 1 aromatic heterocycles. The summed E-state index contributed by atoms with van der Waals surface area (Å²) >= 11 is 0. The number of hydrogen-bond donors (Lipinski definition) is 4. The lowest BCUT2D eigenvalue weighted by atomic mass is 10.1. The summed E-state index contributed by atoms with van der Waals surface area (Å²) in [6, 6.07) is 1.76. The fraction of sp³-hybridized carbons (Fsp3) is 0.222. The molecule has 0 fully saturated rings. The summed E-state index contributed by atoms with van der Waals surface area (Å²) < 4.78 is 4.79. The van der Waals surface area contributed by atoms with Crippen molar-refractivity contribution in [2.75, 3.05) is 23.5 Å². The van der Waals surface area contributed by atoms with Crippen molar-refractivity contribution in [3.63, 3.8) is 0 Å². The molecule has 0 saturated carbocycles. The van der Waals surface area contributed by atoms with Gasteiger partial charge in [-0.1, -0.05) is 0 Å². The van der Waals surface area contributed by atoms with E-state index >= 15 is 0 Å². The molecule has 0 atom stereocenters. The van der Waals surface area contributed by atoms with Crippen molar-refractivity contribution in [3.05, 3.63) is 11.1 Å². The molecule has 8 heteroatoms. The molecule has 90 valence electrons. The standard InChI is InChI=1S/C9H12N6O2/c1-2-17-9(16)5-6(11)4(3-10)7(12)14-8(5)15-13/h2,13H2,1H3,(H5,11,12,14,15). The van der Waals surface area contributed by atoms with Gasteiger partial charge in [-0.05, 0) is 6.92 Å². The SMILES string of the molecule is CCOC(=O)c1c(NN)nc(N)c(C#N)c1N. The molecule has 8 nitrogen and oxygen atoms in total. The predicted octanol–water partition coefficient (Wildman–Crippen LogP) is -0.420. The van der Waals surface area contributed by atoms with E-state index < -0.39 is 5.97 Å². The van der Waals surface area contributed by atoms with Crippen molar-refractivity contribution < 1.29 is 9.53 Å². The van der Waals surface area contributed by atoms with Crippen LogP contribution < -0.4 is 22.7 Å². The molecule has 0 saturated heterocycles. The van der Waals surface area contributed by atoms with Crippen molar-refractivity contribution in [1.29, 1.82) is 5.26 Å². The lowest BCUT2D eigenvalue weighted by Gasteiger charge is -2.12. The smallest absolute Gasteiger partial charge is 0.344 e. The number of nitrogens with zero attached hydrogens (tertiary/aromatic N) is 2. The summed E-state index contributed by atoms with van der Waals surface area (Å²) in [6.07, 6.45) is 0. The maximum absolute atomic E-state index is 11.6. The summed E-state index contributed by atoms with van der Waals surface area (Å²) in [5.41, 5.74) is 13.1. The highest BCUT2D eigenvalue weighted by Gasteiger charge is 2.22. The van der Waals surface area contributed by atoms with Gasteiger partial charge in [0.15, 0.2) is 5.82 Å². The summed E-state index contributed by atoms with van der Waals surface area (Å²) in [4.78, 5) is 15.4. The number of hydrazine groups is 1. The van der Waals surface area contributed by atoms with Crippen LogP contribution in [0.3, 0.4) is 0 Å². The van der Waals surface area contributed by atoms with Crippen LogP contribution >= 0.6 is 0 Å². The summed E-state index contributed by atoms with van der Waals surface area (Å²) in [7, 11) is 0. The highest BCUT2D eigenvalue weighted by Crippen LogP contribution is 2.27. The Kier molecular flexibility index (Phi) is 3.69. The third-order valence-corrected chi connectivity index (χ3v) is 1.99. The number of carbonyl (C=O) groups excluding carboxylic acids is 1. The average Bonchev–Trinajstić information content (AvgIpc) is 2.28. The van der Waals surface area contributed by atoms with Gasteiger partial charge in [0.1, 0.15) is 23.0 Å². The van der Waals surface area contributed by atoms with E-state index in [0.29, 0.717) is 0 Å². The number of nitrogens with one attached hydrogen (secondary N) is 1. The minimum Gasteiger partial charge on any atom is -0.462 e. The Morgan fingerprint density at radius 1 is 1.59 bits per heavy atom. The number of ether oxygens (including phenoxy) is 1. The molecule has 0 aromatic carbocycles. The highest BCUT2D eigenvalue weighted by molar-refractivity contribution is 6.02. The van der Waals surface area contributed by atoms with Crippen LogP contribution in [0.2, 0.25) is 0 Å². The van der Waals surface area contributed by atoms with Crippen LogP contribution in [0.5, 0.6) is 0 Å². The van der Waals surface area contributed by atoms with Crippen molar-refractivity contribution >= 4 is 23.3 Å². The molecule has 0 aliphatic heterocycles. The van der Waals surface area contributed by atoms with Gasteiger partial charge in [0, 0.05) is 0 Å². The number of nitriles is 1. The Labute approximate surface area is 97.3 Å². The van der Waals surface area contributed by atoms with Gasteiger partial charge in [-0.2, -0.15) is 5.26 Å². The summed E-state index contributed by atoms with van der Waals surface area (Å²) in [5, 5.41) is 8.85. The van der Waals surface area contributed by atoms with Crippen LogP contribution in [0, 0.1) is 11.3 Å². The minimum absolute atomic E-state index is 0.0301. The van der Waals surface area contributed by atoms with Crippen molar-refractivity contribution in [2.45, 2.75) is 6.92 Å². The molecular formula is C9H12N6O2. The van der Waals surface area contributed by atoms with Gasteiger partial charge in [-0.15, -0.1) is 0 Å². The second kappa shape index (κ2) is 5.00. The van der Waals surface area contributed by atoms with Gasteiger partial charge in [0.2, 0.25) is 0 Å². The minimum atomic E-state index is -0.720. The molecule has 7 N–H and O–H groups in total. The molecule has 0 radical (unpaired) electrons.